The Morgan fingerprint density at radius 2 is 2.23 bits per heavy atom. The van der Waals surface area contributed by atoms with Gasteiger partial charge in [0.15, 0.2) is 0 Å². The zero-order valence-corrected chi connectivity index (χ0v) is 8.67. The number of rotatable bonds is 6. The number of carbonyl (C=O) groups excluding carboxylic acids is 1. The molecule has 0 radical (unpaired) electrons. The monoisotopic (exact) mass is 185 g/mol. The standard InChI is InChI=1S/C10H19NO2/c1-5-6-11-7-9(8(2)3)10(12)13-4/h5,8-9,11H,1,6-7H2,2-4H3. The largest absolute Gasteiger partial charge is 0.469 e. The fourth-order valence-corrected chi connectivity index (χ4v) is 1.08. The second-order valence-electron chi connectivity index (χ2n) is 3.32. The number of methoxy groups -OCH3 is 1. The Morgan fingerprint density at radius 3 is 2.62 bits per heavy atom. The topological polar surface area (TPSA) is 38.3 Å². The van der Waals surface area contributed by atoms with E-state index in [9.17, 15) is 4.79 Å². The lowest BCUT2D eigenvalue weighted by Crippen LogP contribution is -2.33. The van der Waals surface area contributed by atoms with Crippen molar-refractivity contribution in [2.75, 3.05) is 20.2 Å². The zero-order valence-electron chi connectivity index (χ0n) is 8.67. The maximum Gasteiger partial charge on any atom is 0.310 e. The highest BCUT2D eigenvalue weighted by molar-refractivity contribution is 5.72. The van der Waals surface area contributed by atoms with Gasteiger partial charge in [0.25, 0.3) is 0 Å². The number of hydrogen-bond acceptors (Lipinski definition) is 3. The number of hydrogen-bond donors (Lipinski definition) is 1. The summed E-state index contributed by atoms with van der Waals surface area (Å²) in [5.74, 6) is 0.0845. The first kappa shape index (κ1) is 12.2. The van der Waals surface area contributed by atoms with Crippen molar-refractivity contribution in [3.8, 4) is 0 Å². The lowest BCUT2D eigenvalue weighted by molar-refractivity contribution is -0.146. The van der Waals surface area contributed by atoms with Gasteiger partial charge in [-0.3, -0.25) is 4.79 Å². The predicted octanol–water partition coefficient (Wildman–Crippen LogP) is 1.21. The maximum atomic E-state index is 11.3. The molecule has 0 saturated heterocycles. The molecule has 0 aromatic carbocycles. The molecule has 1 atom stereocenters. The van der Waals surface area contributed by atoms with Gasteiger partial charge in [0, 0.05) is 13.1 Å². The van der Waals surface area contributed by atoms with Gasteiger partial charge in [0.1, 0.15) is 0 Å². The van der Waals surface area contributed by atoms with Crippen LogP contribution < -0.4 is 5.32 Å². The van der Waals surface area contributed by atoms with Crippen LogP contribution in [-0.4, -0.2) is 26.2 Å². The lowest BCUT2D eigenvalue weighted by Gasteiger charge is -2.18. The predicted molar refractivity (Wildman–Crippen MR) is 53.4 cm³/mol. The number of ether oxygens (including phenoxy) is 1. The van der Waals surface area contributed by atoms with Gasteiger partial charge in [-0.05, 0) is 5.92 Å². The van der Waals surface area contributed by atoms with Crippen molar-refractivity contribution in [2.45, 2.75) is 13.8 Å². The van der Waals surface area contributed by atoms with Crippen molar-refractivity contribution in [2.24, 2.45) is 11.8 Å². The van der Waals surface area contributed by atoms with E-state index in [0.29, 0.717) is 12.5 Å². The minimum Gasteiger partial charge on any atom is -0.469 e. The van der Waals surface area contributed by atoms with Gasteiger partial charge in [0.2, 0.25) is 0 Å². The van der Waals surface area contributed by atoms with Crippen LogP contribution in [0.5, 0.6) is 0 Å². The molecule has 0 rings (SSSR count). The summed E-state index contributed by atoms with van der Waals surface area (Å²) >= 11 is 0. The smallest absolute Gasteiger partial charge is 0.310 e. The van der Waals surface area contributed by atoms with E-state index in [1.807, 2.05) is 13.8 Å². The minimum atomic E-state index is -0.147. The van der Waals surface area contributed by atoms with Gasteiger partial charge in [-0.2, -0.15) is 0 Å². The molecule has 0 heterocycles. The van der Waals surface area contributed by atoms with Crippen molar-refractivity contribution in [1.82, 2.24) is 5.32 Å². The van der Waals surface area contributed by atoms with E-state index in [2.05, 4.69) is 11.9 Å². The zero-order chi connectivity index (χ0) is 10.3. The molecule has 0 aromatic rings. The van der Waals surface area contributed by atoms with Crippen molar-refractivity contribution in [3.63, 3.8) is 0 Å². The van der Waals surface area contributed by atoms with Crippen molar-refractivity contribution < 1.29 is 9.53 Å². The second kappa shape index (κ2) is 6.66. The van der Waals surface area contributed by atoms with Gasteiger partial charge in [-0.15, -0.1) is 6.58 Å². The summed E-state index contributed by atoms with van der Waals surface area (Å²) in [6.07, 6.45) is 1.77. The second-order valence-corrected chi connectivity index (χ2v) is 3.32. The van der Waals surface area contributed by atoms with E-state index in [4.69, 9.17) is 4.74 Å². The number of esters is 1. The minimum absolute atomic E-state index is 0.0649. The summed E-state index contributed by atoms with van der Waals surface area (Å²) in [5, 5.41) is 3.11. The first-order valence-corrected chi connectivity index (χ1v) is 4.53. The molecule has 13 heavy (non-hydrogen) atoms. The van der Waals surface area contributed by atoms with E-state index in [-0.39, 0.29) is 11.9 Å². The van der Waals surface area contributed by atoms with E-state index < -0.39 is 0 Å². The van der Waals surface area contributed by atoms with Gasteiger partial charge < -0.3 is 10.1 Å². The fraction of sp³-hybridized carbons (Fsp3) is 0.700. The first-order valence-electron chi connectivity index (χ1n) is 4.53. The quantitative estimate of drug-likeness (QED) is 0.384. The average molecular weight is 185 g/mol. The Balaban J connectivity index is 3.94. The summed E-state index contributed by atoms with van der Waals surface area (Å²) < 4.78 is 4.70. The van der Waals surface area contributed by atoms with Gasteiger partial charge in [-0.25, -0.2) is 0 Å². The maximum absolute atomic E-state index is 11.3. The number of carbonyl (C=O) groups is 1. The van der Waals surface area contributed by atoms with Crippen LogP contribution >= 0.6 is 0 Å². The highest BCUT2D eigenvalue weighted by Gasteiger charge is 2.21. The molecular weight excluding hydrogens is 166 g/mol. The Morgan fingerprint density at radius 1 is 1.62 bits per heavy atom. The van der Waals surface area contributed by atoms with E-state index in [1.54, 1.807) is 6.08 Å². The Bertz CT molecular complexity index is 166. The summed E-state index contributed by atoms with van der Waals surface area (Å²) in [4.78, 5) is 11.3. The molecule has 0 aromatic heterocycles. The van der Waals surface area contributed by atoms with Gasteiger partial charge in [0.05, 0.1) is 13.0 Å². The fourth-order valence-electron chi connectivity index (χ4n) is 1.08. The van der Waals surface area contributed by atoms with Crippen LogP contribution in [-0.2, 0) is 9.53 Å². The van der Waals surface area contributed by atoms with E-state index in [0.717, 1.165) is 6.54 Å². The molecule has 0 saturated carbocycles. The van der Waals surface area contributed by atoms with Crippen LogP contribution in [0.4, 0.5) is 0 Å². The van der Waals surface area contributed by atoms with Crippen LogP contribution in [0, 0.1) is 11.8 Å². The molecule has 1 N–H and O–H groups in total. The highest BCUT2D eigenvalue weighted by Crippen LogP contribution is 2.11. The SMILES string of the molecule is C=CCNCC(C(=O)OC)C(C)C. The Kier molecular flexibility index (Phi) is 6.24. The van der Waals surface area contributed by atoms with E-state index >= 15 is 0 Å². The van der Waals surface area contributed by atoms with Crippen LogP contribution in [0.25, 0.3) is 0 Å². The molecule has 0 aliphatic rings. The third kappa shape index (κ3) is 4.68. The Labute approximate surface area is 80.2 Å². The normalized spacial score (nSPS) is 12.6. The molecule has 3 heteroatoms. The summed E-state index contributed by atoms with van der Waals surface area (Å²) in [6, 6.07) is 0. The molecule has 0 aliphatic carbocycles. The average Bonchev–Trinajstić information content (AvgIpc) is 2.11. The lowest BCUT2D eigenvalue weighted by atomic mass is 9.96. The van der Waals surface area contributed by atoms with Crippen LogP contribution in [0.3, 0.4) is 0 Å². The Hall–Kier alpha value is -0.830. The molecule has 76 valence electrons. The van der Waals surface area contributed by atoms with E-state index in [1.165, 1.54) is 7.11 Å². The van der Waals surface area contributed by atoms with Crippen LogP contribution in [0.2, 0.25) is 0 Å². The van der Waals surface area contributed by atoms with Crippen LogP contribution in [0.15, 0.2) is 12.7 Å². The van der Waals surface area contributed by atoms with Gasteiger partial charge in [-0.1, -0.05) is 19.9 Å². The van der Waals surface area contributed by atoms with Crippen molar-refractivity contribution in [1.29, 1.82) is 0 Å². The molecule has 0 aliphatic heterocycles. The summed E-state index contributed by atoms with van der Waals surface area (Å²) in [7, 11) is 1.42. The number of nitrogens with one attached hydrogen (secondary N) is 1. The molecule has 0 bridgehead atoms. The molecular formula is C10H19NO2. The highest BCUT2D eigenvalue weighted by atomic mass is 16.5. The van der Waals surface area contributed by atoms with Crippen molar-refractivity contribution in [3.05, 3.63) is 12.7 Å². The van der Waals surface area contributed by atoms with Crippen LogP contribution in [0.1, 0.15) is 13.8 Å². The first-order chi connectivity index (χ1) is 6.13. The third-order valence-corrected chi connectivity index (χ3v) is 1.96. The molecule has 1 unspecified atom stereocenters. The third-order valence-electron chi connectivity index (χ3n) is 1.96. The molecule has 0 amide bonds. The summed E-state index contributed by atoms with van der Waals surface area (Å²) in [5.41, 5.74) is 0. The summed E-state index contributed by atoms with van der Waals surface area (Å²) in [6.45, 7) is 8.98. The molecule has 3 nitrogen and oxygen atoms in total. The molecule has 0 spiro atoms. The van der Waals surface area contributed by atoms with Gasteiger partial charge >= 0.3 is 5.97 Å². The van der Waals surface area contributed by atoms with Crippen molar-refractivity contribution >= 4 is 5.97 Å². The molecule has 0 fully saturated rings.